The van der Waals surface area contributed by atoms with Gasteiger partial charge in [0.25, 0.3) is 5.91 Å². The Balaban J connectivity index is 2.04. The number of anilines is 1. The van der Waals surface area contributed by atoms with Crippen molar-refractivity contribution in [1.82, 2.24) is 0 Å². The zero-order chi connectivity index (χ0) is 15.4. The molecule has 0 aliphatic heterocycles. The van der Waals surface area contributed by atoms with E-state index in [2.05, 4.69) is 27.9 Å². The van der Waals surface area contributed by atoms with Crippen LogP contribution in [0.1, 0.15) is 12.5 Å². The number of rotatable bonds is 4. The Morgan fingerprint density at radius 1 is 1.29 bits per heavy atom. The molecule has 0 bridgehead atoms. The third-order valence-corrected chi connectivity index (χ3v) is 3.94. The fraction of sp³-hybridized carbons (Fsp3) is 0.188. The van der Waals surface area contributed by atoms with Crippen molar-refractivity contribution in [3.8, 4) is 5.75 Å². The highest BCUT2D eigenvalue weighted by atomic mass is 127. The van der Waals surface area contributed by atoms with Gasteiger partial charge in [0.2, 0.25) is 0 Å². The molecule has 1 amide bonds. The van der Waals surface area contributed by atoms with E-state index in [-0.39, 0.29) is 5.91 Å². The monoisotopic (exact) mass is 415 g/mol. The van der Waals surface area contributed by atoms with E-state index in [1.807, 2.05) is 37.3 Å². The Labute approximate surface area is 142 Å². The van der Waals surface area contributed by atoms with E-state index in [1.165, 1.54) is 0 Å². The number of carbonyl (C=O) groups excluding carboxylic acids is 1. The van der Waals surface area contributed by atoms with E-state index in [0.717, 1.165) is 14.8 Å². The van der Waals surface area contributed by atoms with Crippen LogP contribution in [0, 0.1) is 10.5 Å². The number of halogens is 2. The van der Waals surface area contributed by atoms with Gasteiger partial charge in [-0.3, -0.25) is 4.79 Å². The maximum atomic E-state index is 12.2. The Kier molecular flexibility index (Phi) is 5.47. The maximum Gasteiger partial charge on any atom is 0.265 e. The second-order valence-corrected chi connectivity index (χ2v) is 6.29. The molecule has 0 aromatic heterocycles. The van der Waals surface area contributed by atoms with E-state index in [0.29, 0.717) is 10.8 Å². The minimum absolute atomic E-state index is 0.209. The molecule has 21 heavy (non-hydrogen) atoms. The number of amides is 1. The molecule has 2 aromatic carbocycles. The van der Waals surface area contributed by atoms with Gasteiger partial charge in [-0.15, -0.1) is 0 Å². The molecule has 1 atom stereocenters. The lowest BCUT2D eigenvalue weighted by atomic mass is 10.2. The van der Waals surface area contributed by atoms with Gasteiger partial charge in [0.1, 0.15) is 5.75 Å². The van der Waals surface area contributed by atoms with Crippen molar-refractivity contribution in [2.45, 2.75) is 20.0 Å². The second-order valence-electron chi connectivity index (χ2n) is 4.64. The lowest BCUT2D eigenvalue weighted by Gasteiger charge is -2.16. The van der Waals surface area contributed by atoms with Crippen LogP contribution >= 0.6 is 34.2 Å². The summed E-state index contributed by atoms with van der Waals surface area (Å²) >= 11 is 8.25. The summed E-state index contributed by atoms with van der Waals surface area (Å²) in [5, 5.41) is 3.36. The zero-order valence-corrected chi connectivity index (χ0v) is 14.6. The summed E-state index contributed by atoms with van der Waals surface area (Å²) in [7, 11) is 0. The van der Waals surface area contributed by atoms with Crippen molar-refractivity contribution in [3.05, 3.63) is 56.6 Å². The molecule has 0 radical (unpaired) electrons. The van der Waals surface area contributed by atoms with Gasteiger partial charge in [-0.05, 0) is 72.3 Å². The SMILES string of the molecule is Cc1cc(I)ccc1NC(=O)[C@H](C)Oc1ccccc1Cl. The first-order chi connectivity index (χ1) is 9.97. The van der Waals surface area contributed by atoms with Gasteiger partial charge in [-0.1, -0.05) is 23.7 Å². The smallest absolute Gasteiger partial charge is 0.265 e. The van der Waals surface area contributed by atoms with Crippen molar-refractivity contribution in [2.75, 3.05) is 5.32 Å². The van der Waals surface area contributed by atoms with Gasteiger partial charge < -0.3 is 10.1 Å². The number of hydrogen-bond donors (Lipinski definition) is 1. The molecule has 0 aliphatic carbocycles. The molecule has 1 N–H and O–H groups in total. The van der Waals surface area contributed by atoms with Crippen LogP contribution in [0.15, 0.2) is 42.5 Å². The highest BCUT2D eigenvalue weighted by Crippen LogP contribution is 2.24. The quantitative estimate of drug-likeness (QED) is 0.738. The van der Waals surface area contributed by atoms with Crippen molar-refractivity contribution in [3.63, 3.8) is 0 Å². The van der Waals surface area contributed by atoms with E-state index in [1.54, 1.807) is 19.1 Å². The Morgan fingerprint density at radius 3 is 2.67 bits per heavy atom. The molecular weight excluding hydrogens is 401 g/mol. The molecule has 0 saturated heterocycles. The third-order valence-electron chi connectivity index (χ3n) is 2.96. The predicted octanol–water partition coefficient (Wildman–Crippen LogP) is 4.66. The molecule has 0 spiro atoms. The average Bonchev–Trinajstić information content (AvgIpc) is 2.44. The first kappa shape index (κ1) is 16.1. The van der Waals surface area contributed by atoms with Gasteiger partial charge in [-0.25, -0.2) is 0 Å². The second kappa shape index (κ2) is 7.13. The standard InChI is InChI=1S/C16H15ClINO2/c1-10-9-12(18)7-8-14(10)19-16(20)11(2)21-15-6-4-3-5-13(15)17/h3-9,11H,1-2H3,(H,19,20)/t11-/m0/s1. The summed E-state index contributed by atoms with van der Waals surface area (Å²) in [5.41, 5.74) is 1.80. The van der Waals surface area contributed by atoms with Crippen LogP contribution in [-0.2, 0) is 4.79 Å². The molecule has 110 valence electrons. The number of carbonyl (C=O) groups is 1. The van der Waals surface area contributed by atoms with E-state index in [9.17, 15) is 4.79 Å². The molecule has 2 rings (SSSR count). The topological polar surface area (TPSA) is 38.3 Å². The van der Waals surface area contributed by atoms with Crippen LogP contribution in [0.3, 0.4) is 0 Å². The van der Waals surface area contributed by atoms with E-state index in [4.69, 9.17) is 16.3 Å². The van der Waals surface area contributed by atoms with Gasteiger partial charge in [0.15, 0.2) is 6.10 Å². The minimum Gasteiger partial charge on any atom is -0.479 e. The molecular formula is C16H15ClINO2. The van der Waals surface area contributed by atoms with Crippen molar-refractivity contribution >= 4 is 45.8 Å². The molecule has 3 nitrogen and oxygen atoms in total. The maximum absolute atomic E-state index is 12.2. The summed E-state index contributed by atoms with van der Waals surface area (Å²) in [6.07, 6.45) is -0.636. The summed E-state index contributed by atoms with van der Waals surface area (Å²) in [5.74, 6) is 0.292. The van der Waals surface area contributed by atoms with Gasteiger partial charge >= 0.3 is 0 Å². The van der Waals surface area contributed by atoms with Crippen LogP contribution in [0.25, 0.3) is 0 Å². The van der Waals surface area contributed by atoms with Crippen molar-refractivity contribution < 1.29 is 9.53 Å². The van der Waals surface area contributed by atoms with Crippen molar-refractivity contribution in [1.29, 1.82) is 0 Å². The number of aryl methyl sites for hydroxylation is 1. The summed E-state index contributed by atoms with van der Waals surface area (Å²) in [6, 6.07) is 12.9. The molecule has 2 aromatic rings. The minimum atomic E-state index is -0.636. The van der Waals surface area contributed by atoms with Crippen LogP contribution in [0.2, 0.25) is 5.02 Å². The summed E-state index contributed by atoms with van der Waals surface area (Å²) in [6.45, 7) is 3.65. The van der Waals surface area contributed by atoms with Crippen LogP contribution in [-0.4, -0.2) is 12.0 Å². The zero-order valence-electron chi connectivity index (χ0n) is 11.7. The normalized spacial score (nSPS) is 11.8. The Hall–Kier alpha value is -1.27. The van der Waals surface area contributed by atoms with Crippen molar-refractivity contribution in [2.24, 2.45) is 0 Å². The number of nitrogens with one attached hydrogen (secondary N) is 1. The Bertz CT molecular complexity index is 660. The van der Waals surface area contributed by atoms with Gasteiger partial charge in [-0.2, -0.15) is 0 Å². The first-order valence-corrected chi connectivity index (χ1v) is 7.91. The summed E-state index contributed by atoms with van der Waals surface area (Å²) < 4.78 is 6.73. The summed E-state index contributed by atoms with van der Waals surface area (Å²) in [4.78, 5) is 12.2. The largest absolute Gasteiger partial charge is 0.479 e. The molecule has 0 fully saturated rings. The fourth-order valence-corrected chi connectivity index (χ4v) is 2.61. The Morgan fingerprint density at radius 2 is 2.00 bits per heavy atom. The van der Waals surface area contributed by atoms with Gasteiger partial charge in [0, 0.05) is 9.26 Å². The number of ether oxygens (including phenoxy) is 1. The molecule has 5 heteroatoms. The predicted molar refractivity (Wildman–Crippen MR) is 94.1 cm³/mol. The lowest BCUT2D eigenvalue weighted by Crippen LogP contribution is -2.30. The van der Waals surface area contributed by atoms with E-state index < -0.39 is 6.10 Å². The lowest BCUT2D eigenvalue weighted by molar-refractivity contribution is -0.122. The average molecular weight is 416 g/mol. The first-order valence-electron chi connectivity index (χ1n) is 6.45. The van der Waals surface area contributed by atoms with Crippen LogP contribution < -0.4 is 10.1 Å². The highest BCUT2D eigenvalue weighted by molar-refractivity contribution is 14.1. The molecule has 0 aliphatic rings. The number of hydrogen-bond acceptors (Lipinski definition) is 2. The molecule has 0 saturated carbocycles. The van der Waals surface area contributed by atoms with Crippen LogP contribution in [0.4, 0.5) is 5.69 Å². The fourth-order valence-electron chi connectivity index (χ4n) is 1.79. The van der Waals surface area contributed by atoms with E-state index >= 15 is 0 Å². The van der Waals surface area contributed by atoms with Crippen LogP contribution in [0.5, 0.6) is 5.75 Å². The number of para-hydroxylation sites is 1. The third kappa shape index (κ3) is 4.35. The molecule has 0 heterocycles. The number of benzene rings is 2. The van der Waals surface area contributed by atoms with Gasteiger partial charge in [0.05, 0.1) is 5.02 Å². The molecule has 0 unspecified atom stereocenters. The highest BCUT2D eigenvalue weighted by Gasteiger charge is 2.16.